The summed E-state index contributed by atoms with van der Waals surface area (Å²) < 4.78 is 34.4. The van der Waals surface area contributed by atoms with E-state index in [1.807, 2.05) is 6.08 Å². The maximum absolute atomic E-state index is 13.4. The molecule has 0 aromatic carbocycles. The van der Waals surface area contributed by atoms with Crippen molar-refractivity contribution in [3.05, 3.63) is 122 Å². The van der Waals surface area contributed by atoms with Crippen LogP contribution in [0.4, 0.5) is 0 Å². The van der Waals surface area contributed by atoms with E-state index < -0.39 is 124 Å². The van der Waals surface area contributed by atoms with Gasteiger partial charge in [-0.2, -0.15) is 0 Å². The number of ether oxygens (including phenoxy) is 6. The molecule has 3 aliphatic heterocycles. The summed E-state index contributed by atoms with van der Waals surface area (Å²) in [6.45, 7) is 1.59. The number of hydrogen-bond acceptors (Lipinski definition) is 18. The van der Waals surface area contributed by atoms with E-state index in [-0.39, 0.29) is 18.9 Å². The molecule has 0 saturated carbocycles. The third-order valence-corrected chi connectivity index (χ3v) is 18.2. The van der Waals surface area contributed by atoms with Crippen LogP contribution in [0.3, 0.4) is 0 Å². The predicted molar refractivity (Wildman–Crippen MR) is 392 cm³/mol. The van der Waals surface area contributed by atoms with Crippen LogP contribution in [0.15, 0.2) is 122 Å². The van der Waals surface area contributed by atoms with Gasteiger partial charge in [-0.05, 0) is 96.3 Å². The van der Waals surface area contributed by atoms with Crippen LogP contribution in [-0.4, -0.2) is 193 Å². The molecule has 3 aliphatic rings. The van der Waals surface area contributed by atoms with Crippen molar-refractivity contribution in [1.82, 2.24) is 5.32 Å². The van der Waals surface area contributed by atoms with Crippen LogP contribution in [0.5, 0.6) is 0 Å². The van der Waals surface area contributed by atoms with Gasteiger partial charge in [-0.25, -0.2) is 0 Å². The fourth-order valence-electron chi connectivity index (χ4n) is 12.1. The third kappa shape index (κ3) is 40.2. The first-order valence-electron chi connectivity index (χ1n) is 38.3. The molecule has 568 valence electrons. The maximum Gasteiger partial charge on any atom is 0.220 e. The van der Waals surface area contributed by atoms with Crippen LogP contribution in [0, 0.1) is 0 Å². The predicted octanol–water partition coefficient (Wildman–Crippen LogP) is 11.9. The molecular weight excluding hydrogens is 1260 g/mol. The lowest BCUT2D eigenvalue weighted by molar-refractivity contribution is -0.379. The van der Waals surface area contributed by atoms with Crippen molar-refractivity contribution in [3.8, 4) is 0 Å². The molecule has 3 fully saturated rings. The second-order valence-corrected chi connectivity index (χ2v) is 26.7. The molecule has 17 unspecified atom stereocenters. The number of amides is 1. The minimum absolute atomic E-state index is 0.226. The fraction of sp³-hybridized carbons (Fsp3) is 0.738. The van der Waals surface area contributed by atoms with Gasteiger partial charge in [0.25, 0.3) is 0 Å². The van der Waals surface area contributed by atoms with E-state index in [1.54, 1.807) is 6.08 Å². The number of allylic oxidation sites excluding steroid dienone is 19. The summed E-state index contributed by atoms with van der Waals surface area (Å²) in [6, 6.07) is -0.999. The van der Waals surface area contributed by atoms with E-state index in [0.29, 0.717) is 12.8 Å². The highest BCUT2D eigenvalue weighted by molar-refractivity contribution is 5.76. The molecule has 3 rings (SSSR count). The molecule has 0 aliphatic carbocycles. The Labute approximate surface area is 595 Å². The Balaban J connectivity index is 1.36. The van der Waals surface area contributed by atoms with Crippen LogP contribution < -0.4 is 5.32 Å². The molecule has 1 amide bonds. The summed E-state index contributed by atoms with van der Waals surface area (Å²) >= 11 is 0. The first-order chi connectivity index (χ1) is 48.3. The standard InChI is InChI=1S/C80H135NO18/c1-3-5-7-9-11-13-15-17-19-21-22-23-24-25-26-27-28-29-30-31-32-33-34-35-36-37-38-39-40-42-44-46-48-50-52-54-56-58-68(86)81-63(64(85)57-55-53-51-49-47-45-43-41-20-18-16-14-12-10-8-6-4-2)62-94-78-74(92)71(89)76(66(60-83)96-78)99-80-75(93)72(90)77(67(61-84)97-80)98-79-73(91)70(88)69(87)65(59-82)95-79/h5,7,11,13,17,19,22-23,25-26,28-29,31-32,34-35,47,49,55,57,63-67,69-80,82-85,87-93H,3-4,6,8-10,12,14-16,18,20-21,24,27,30,33,36-46,48,50-54,56,58-62H2,1-2H3,(H,81,86)/b7-5-,13-11-,19-17-,23-22-,26-25-,29-28-,32-31-,35-34-,49-47+,57-55+. The summed E-state index contributed by atoms with van der Waals surface area (Å²) in [5, 5.41) is 121. The smallest absolute Gasteiger partial charge is 0.220 e. The average Bonchev–Trinajstić information content (AvgIpc) is 0.786. The van der Waals surface area contributed by atoms with Crippen molar-refractivity contribution in [3.63, 3.8) is 0 Å². The summed E-state index contributed by atoms with van der Waals surface area (Å²) in [4.78, 5) is 13.4. The molecule has 0 radical (unpaired) electrons. The zero-order valence-corrected chi connectivity index (χ0v) is 60.4. The molecule has 0 spiro atoms. The number of unbranched alkanes of at least 4 members (excludes halogenated alkanes) is 24. The first kappa shape index (κ1) is 89.4. The van der Waals surface area contributed by atoms with Crippen LogP contribution in [0.25, 0.3) is 0 Å². The van der Waals surface area contributed by atoms with Crippen LogP contribution in [-0.2, 0) is 33.2 Å². The highest BCUT2D eigenvalue weighted by Crippen LogP contribution is 2.33. The van der Waals surface area contributed by atoms with E-state index in [1.165, 1.54) is 109 Å². The van der Waals surface area contributed by atoms with Crippen molar-refractivity contribution < 1.29 is 89.4 Å². The second-order valence-electron chi connectivity index (χ2n) is 26.7. The van der Waals surface area contributed by atoms with Gasteiger partial charge in [-0.3, -0.25) is 4.79 Å². The molecule has 17 atom stereocenters. The van der Waals surface area contributed by atoms with Gasteiger partial charge in [0.05, 0.1) is 38.6 Å². The monoisotopic (exact) mass is 1400 g/mol. The minimum atomic E-state index is -1.99. The number of carbonyl (C=O) groups excluding carboxylic acids is 1. The van der Waals surface area contributed by atoms with E-state index in [2.05, 4.69) is 129 Å². The van der Waals surface area contributed by atoms with Gasteiger partial charge in [-0.15, -0.1) is 0 Å². The van der Waals surface area contributed by atoms with Gasteiger partial charge >= 0.3 is 0 Å². The molecule has 19 heteroatoms. The molecule has 0 bridgehead atoms. The fourth-order valence-corrected chi connectivity index (χ4v) is 12.1. The number of nitrogens with one attached hydrogen (secondary N) is 1. The largest absolute Gasteiger partial charge is 0.394 e. The van der Waals surface area contributed by atoms with E-state index in [0.717, 1.165) is 103 Å². The highest BCUT2D eigenvalue weighted by Gasteiger charge is 2.53. The molecular formula is C80H135NO18. The van der Waals surface area contributed by atoms with Gasteiger partial charge in [0.15, 0.2) is 18.9 Å². The van der Waals surface area contributed by atoms with Crippen LogP contribution in [0.1, 0.15) is 245 Å². The summed E-state index contributed by atoms with van der Waals surface area (Å²) in [5.74, 6) is -0.292. The lowest BCUT2D eigenvalue weighted by atomic mass is 9.96. The zero-order valence-electron chi connectivity index (χ0n) is 60.4. The van der Waals surface area contributed by atoms with E-state index in [4.69, 9.17) is 28.4 Å². The number of rotatable bonds is 58. The SMILES string of the molecule is CC/C=C\C/C=C\C/C=C\C/C=C\C/C=C\C/C=C\C/C=C\C/C=C\CCCCCCCCCCCCCCC(=O)NC(COC1OC(CO)C(OC2OC(CO)C(OC3OC(CO)C(O)C(O)C3O)C(O)C2O)C(O)C1O)C(O)/C=C/CC/C=C/CCCCCCCCCCCCC. The number of carbonyl (C=O) groups is 1. The molecule has 0 aromatic rings. The lowest BCUT2D eigenvalue weighted by Crippen LogP contribution is -2.66. The Morgan fingerprint density at radius 3 is 1.13 bits per heavy atom. The summed E-state index contributed by atoms with van der Waals surface area (Å²) in [7, 11) is 0. The molecule has 99 heavy (non-hydrogen) atoms. The molecule has 3 heterocycles. The summed E-state index contributed by atoms with van der Waals surface area (Å²) in [6.07, 6.45) is 56.1. The number of hydrogen-bond donors (Lipinski definition) is 12. The van der Waals surface area contributed by atoms with E-state index in [9.17, 15) is 61.0 Å². The normalized spacial score (nSPS) is 27.3. The highest BCUT2D eigenvalue weighted by atomic mass is 16.8. The van der Waals surface area contributed by atoms with Gasteiger partial charge < -0.3 is 89.9 Å². The van der Waals surface area contributed by atoms with Crippen molar-refractivity contribution in [2.45, 2.75) is 349 Å². The van der Waals surface area contributed by atoms with Gasteiger partial charge in [0.1, 0.15) is 73.2 Å². The quantitative estimate of drug-likeness (QED) is 0.0199. The molecule has 12 N–H and O–H groups in total. The Morgan fingerprint density at radius 2 is 0.707 bits per heavy atom. The second kappa shape index (κ2) is 59.6. The molecule has 0 aromatic heterocycles. The summed E-state index contributed by atoms with van der Waals surface area (Å²) in [5.41, 5.74) is 0. The molecule has 19 nitrogen and oxygen atoms in total. The van der Waals surface area contributed by atoms with E-state index >= 15 is 0 Å². The number of aliphatic hydroxyl groups excluding tert-OH is 11. The van der Waals surface area contributed by atoms with Crippen LogP contribution >= 0.6 is 0 Å². The van der Waals surface area contributed by atoms with Crippen molar-refractivity contribution in [2.75, 3.05) is 26.4 Å². The topological polar surface area (TPSA) is 307 Å². The zero-order chi connectivity index (χ0) is 71.8. The Morgan fingerprint density at radius 1 is 0.374 bits per heavy atom. The minimum Gasteiger partial charge on any atom is -0.394 e. The Bertz CT molecular complexity index is 2260. The average molecular weight is 1400 g/mol. The lowest BCUT2D eigenvalue weighted by Gasteiger charge is -2.48. The Hall–Kier alpha value is -3.81. The van der Waals surface area contributed by atoms with Crippen LogP contribution in [0.2, 0.25) is 0 Å². The third-order valence-electron chi connectivity index (χ3n) is 18.2. The Kier molecular flexibility index (Phi) is 53.8. The van der Waals surface area contributed by atoms with Crippen molar-refractivity contribution in [2.24, 2.45) is 0 Å². The van der Waals surface area contributed by atoms with Crippen molar-refractivity contribution in [1.29, 1.82) is 0 Å². The van der Waals surface area contributed by atoms with Gasteiger partial charge in [0, 0.05) is 6.42 Å². The van der Waals surface area contributed by atoms with Gasteiger partial charge in [0.2, 0.25) is 5.91 Å². The van der Waals surface area contributed by atoms with Crippen molar-refractivity contribution >= 4 is 5.91 Å². The number of aliphatic hydroxyl groups is 11. The molecule has 3 saturated heterocycles. The maximum atomic E-state index is 13.4. The first-order valence-corrected chi connectivity index (χ1v) is 38.3. The van der Waals surface area contributed by atoms with Gasteiger partial charge in [-0.1, -0.05) is 264 Å².